The molecule has 0 heterocycles. The van der Waals surface area contributed by atoms with Gasteiger partial charge < -0.3 is 11.1 Å². The Morgan fingerprint density at radius 3 is 2.53 bits per heavy atom. The summed E-state index contributed by atoms with van der Waals surface area (Å²) in [5.74, 6) is 0.100. The van der Waals surface area contributed by atoms with Gasteiger partial charge in [0, 0.05) is 12.6 Å². The van der Waals surface area contributed by atoms with Crippen molar-refractivity contribution in [3.05, 3.63) is 0 Å². The van der Waals surface area contributed by atoms with E-state index in [1.54, 1.807) is 0 Å². The molecule has 0 aromatic carbocycles. The van der Waals surface area contributed by atoms with E-state index in [9.17, 15) is 4.79 Å². The van der Waals surface area contributed by atoms with Crippen molar-refractivity contribution >= 4 is 5.91 Å². The molecule has 0 saturated carbocycles. The molecule has 4 nitrogen and oxygen atoms in total. The first-order chi connectivity index (χ1) is 7.04. The fourth-order valence-corrected chi connectivity index (χ4v) is 1.41. The van der Waals surface area contributed by atoms with Crippen molar-refractivity contribution in [2.24, 2.45) is 5.73 Å². The van der Waals surface area contributed by atoms with Crippen molar-refractivity contribution in [3.8, 4) is 0 Å². The predicted molar refractivity (Wildman–Crippen MR) is 63.7 cm³/mol. The van der Waals surface area contributed by atoms with Crippen molar-refractivity contribution in [3.63, 3.8) is 0 Å². The predicted octanol–water partition coefficient (Wildman–Crippen LogP) is 0.570. The monoisotopic (exact) mass is 215 g/mol. The molecule has 4 heteroatoms. The summed E-state index contributed by atoms with van der Waals surface area (Å²) in [5.41, 5.74) is 5.50. The third-order valence-corrected chi connectivity index (χ3v) is 2.82. The van der Waals surface area contributed by atoms with Gasteiger partial charge in [-0.25, -0.2) is 0 Å². The molecule has 2 unspecified atom stereocenters. The number of carbonyl (C=O) groups is 1. The largest absolute Gasteiger partial charge is 0.355 e. The van der Waals surface area contributed by atoms with Gasteiger partial charge in [0.1, 0.15) is 0 Å². The van der Waals surface area contributed by atoms with Gasteiger partial charge in [0.25, 0.3) is 0 Å². The molecule has 0 fully saturated rings. The number of hydrogen-bond donors (Lipinski definition) is 2. The first kappa shape index (κ1) is 14.4. The molecular weight excluding hydrogens is 190 g/mol. The summed E-state index contributed by atoms with van der Waals surface area (Å²) in [6.45, 7) is 7.48. The minimum atomic E-state index is -0.0851. The van der Waals surface area contributed by atoms with E-state index in [-0.39, 0.29) is 11.9 Å². The maximum Gasteiger partial charge on any atom is 0.237 e. The smallest absolute Gasteiger partial charge is 0.237 e. The van der Waals surface area contributed by atoms with E-state index in [2.05, 4.69) is 17.1 Å². The normalized spacial score (nSPS) is 15.1. The zero-order valence-corrected chi connectivity index (χ0v) is 10.4. The molecule has 90 valence electrons. The molecule has 0 saturated heterocycles. The molecule has 0 rings (SSSR count). The lowest BCUT2D eigenvalue weighted by Crippen LogP contribution is -2.47. The molecule has 0 aromatic rings. The Bertz CT molecular complexity index is 185. The van der Waals surface area contributed by atoms with Crippen LogP contribution >= 0.6 is 0 Å². The second-order valence-electron chi connectivity index (χ2n) is 4.06. The van der Waals surface area contributed by atoms with Crippen LogP contribution in [0, 0.1) is 0 Å². The van der Waals surface area contributed by atoms with Gasteiger partial charge in [-0.15, -0.1) is 0 Å². The van der Waals surface area contributed by atoms with E-state index < -0.39 is 0 Å². The Morgan fingerprint density at radius 2 is 2.07 bits per heavy atom. The van der Waals surface area contributed by atoms with Crippen molar-refractivity contribution in [2.45, 2.75) is 45.7 Å². The molecule has 0 aliphatic carbocycles. The van der Waals surface area contributed by atoms with E-state index in [1.165, 1.54) is 0 Å². The van der Waals surface area contributed by atoms with Crippen LogP contribution in [0.4, 0.5) is 0 Å². The van der Waals surface area contributed by atoms with E-state index in [1.807, 2.05) is 20.9 Å². The van der Waals surface area contributed by atoms with E-state index in [4.69, 9.17) is 5.73 Å². The first-order valence-electron chi connectivity index (χ1n) is 5.74. The topological polar surface area (TPSA) is 58.4 Å². The van der Waals surface area contributed by atoms with Crippen LogP contribution in [-0.2, 0) is 4.79 Å². The average Bonchev–Trinajstić information content (AvgIpc) is 2.24. The zero-order valence-electron chi connectivity index (χ0n) is 10.4. The molecule has 3 N–H and O–H groups in total. The summed E-state index contributed by atoms with van der Waals surface area (Å²) in [5, 5.41) is 2.90. The van der Waals surface area contributed by atoms with E-state index >= 15 is 0 Å². The Kier molecular flexibility index (Phi) is 7.34. The van der Waals surface area contributed by atoms with Crippen LogP contribution in [0.3, 0.4) is 0 Å². The first-order valence-corrected chi connectivity index (χ1v) is 5.74. The number of amides is 1. The third kappa shape index (κ3) is 5.14. The minimum Gasteiger partial charge on any atom is -0.355 e. The van der Waals surface area contributed by atoms with Crippen LogP contribution in [-0.4, -0.2) is 43.0 Å². The summed E-state index contributed by atoms with van der Waals surface area (Å²) in [7, 11) is 1.97. The highest BCUT2D eigenvalue weighted by molar-refractivity contribution is 5.81. The molecule has 0 spiro atoms. The number of nitrogens with zero attached hydrogens (tertiary/aromatic N) is 1. The van der Waals surface area contributed by atoms with Gasteiger partial charge in [0.05, 0.1) is 6.04 Å². The third-order valence-electron chi connectivity index (χ3n) is 2.82. The Balaban J connectivity index is 4.05. The Morgan fingerprint density at radius 1 is 1.47 bits per heavy atom. The molecule has 15 heavy (non-hydrogen) atoms. The number of rotatable bonds is 7. The Hall–Kier alpha value is -0.610. The molecule has 0 aromatic heterocycles. The molecule has 0 aliphatic rings. The van der Waals surface area contributed by atoms with Gasteiger partial charge in [-0.2, -0.15) is 0 Å². The highest BCUT2D eigenvalue weighted by Crippen LogP contribution is 2.05. The van der Waals surface area contributed by atoms with Gasteiger partial charge >= 0.3 is 0 Å². The maximum atomic E-state index is 11.7. The number of nitrogens with two attached hydrogens (primary N) is 1. The highest BCUT2D eigenvalue weighted by atomic mass is 16.2. The van der Waals surface area contributed by atoms with Crippen molar-refractivity contribution in [2.75, 3.05) is 20.1 Å². The summed E-state index contributed by atoms with van der Waals surface area (Å²) < 4.78 is 0. The number of nitrogens with one attached hydrogen (secondary N) is 1. The fraction of sp³-hybridized carbons (Fsp3) is 0.909. The van der Waals surface area contributed by atoms with Crippen LogP contribution in [0.2, 0.25) is 0 Å². The van der Waals surface area contributed by atoms with Crippen LogP contribution in [0.25, 0.3) is 0 Å². The van der Waals surface area contributed by atoms with E-state index in [0.29, 0.717) is 12.6 Å². The fourth-order valence-electron chi connectivity index (χ4n) is 1.41. The number of hydrogen-bond acceptors (Lipinski definition) is 3. The quantitative estimate of drug-likeness (QED) is 0.653. The van der Waals surface area contributed by atoms with Gasteiger partial charge in [0.2, 0.25) is 5.91 Å². The van der Waals surface area contributed by atoms with E-state index in [0.717, 1.165) is 19.4 Å². The second kappa shape index (κ2) is 7.65. The summed E-state index contributed by atoms with van der Waals surface area (Å²) in [4.78, 5) is 13.7. The van der Waals surface area contributed by atoms with Gasteiger partial charge in [-0.3, -0.25) is 9.69 Å². The summed E-state index contributed by atoms with van der Waals surface area (Å²) in [6, 6.07) is 0.260. The van der Waals surface area contributed by atoms with Gasteiger partial charge in [-0.1, -0.05) is 6.92 Å². The van der Waals surface area contributed by atoms with Gasteiger partial charge in [0.15, 0.2) is 0 Å². The maximum absolute atomic E-state index is 11.7. The van der Waals surface area contributed by atoms with Gasteiger partial charge in [-0.05, 0) is 40.3 Å². The number of likely N-dealkylation sites (N-methyl/N-ethyl adjacent to an activating group) is 1. The lowest BCUT2D eigenvalue weighted by Gasteiger charge is -2.29. The molecular formula is C11H25N3O. The van der Waals surface area contributed by atoms with Crippen LogP contribution in [0.5, 0.6) is 0 Å². The summed E-state index contributed by atoms with van der Waals surface area (Å²) >= 11 is 0. The van der Waals surface area contributed by atoms with Crippen molar-refractivity contribution in [1.82, 2.24) is 10.2 Å². The minimum absolute atomic E-state index is 0.0851. The zero-order chi connectivity index (χ0) is 11.8. The lowest BCUT2D eigenvalue weighted by atomic mass is 10.1. The van der Waals surface area contributed by atoms with Crippen LogP contribution < -0.4 is 11.1 Å². The molecule has 0 radical (unpaired) electrons. The Labute approximate surface area is 93.2 Å². The highest BCUT2D eigenvalue weighted by Gasteiger charge is 2.20. The summed E-state index contributed by atoms with van der Waals surface area (Å²) in [6.07, 6.45) is 1.89. The SMILES string of the molecule is CCCNC(=O)C(C)N(C)C(C)CCN. The number of carbonyl (C=O) groups excluding carboxylic acids is 1. The second-order valence-corrected chi connectivity index (χ2v) is 4.06. The standard InChI is InChI=1S/C11H25N3O/c1-5-8-13-11(15)10(3)14(4)9(2)6-7-12/h9-10H,5-8,12H2,1-4H3,(H,13,15). The molecule has 2 atom stereocenters. The average molecular weight is 215 g/mol. The van der Waals surface area contributed by atoms with Crippen molar-refractivity contribution < 1.29 is 4.79 Å². The van der Waals surface area contributed by atoms with Crippen LogP contribution in [0.1, 0.15) is 33.6 Å². The van der Waals surface area contributed by atoms with Crippen molar-refractivity contribution in [1.29, 1.82) is 0 Å². The van der Waals surface area contributed by atoms with Crippen LogP contribution in [0.15, 0.2) is 0 Å². The lowest BCUT2D eigenvalue weighted by molar-refractivity contribution is -0.126. The molecule has 1 amide bonds. The molecule has 0 bridgehead atoms. The molecule has 0 aliphatic heterocycles.